The number of halogens is 2. The van der Waals surface area contributed by atoms with Crippen LogP contribution in [0, 0.1) is 11.6 Å². The van der Waals surface area contributed by atoms with Crippen molar-refractivity contribution in [3.8, 4) is 0 Å². The van der Waals surface area contributed by atoms with Gasteiger partial charge in [-0.1, -0.05) is 37.6 Å². The van der Waals surface area contributed by atoms with Gasteiger partial charge in [0.25, 0.3) is 0 Å². The van der Waals surface area contributed by atoms with E-state index in [1.165, 1.54) is 0 Å². The molecule has 0 radical (unpaired) electrons. The van der Waals surface area contributed by atoms with Crippen molar-refractivity contribution < 1.29 is 13.5 Å². The first-order valence-electron chi connectivity index (χ1n) is 6.96. The molecule has 1 aromatic rings. The number of ether oxygens (including phenoxy) is 1. The van der Waals surface area contributed by atoms with Gasteiger partial charge >= 0.3 is 0 Å². The summed E-state index contributed by atoms with van der Waals surface area (Å²) in [6.45, 7) is 2.90. The Hall–Kier alpha value is -1.22. The average molecular weight is 266 g/mol. The molecule has 1 aliphatic rings. The first kappa shape index (κ1) is 14.2. The van der Waals surface area contributed by atoms with E-state index >= 15 is 0 Å². The number of rotatable bonds is 5. The highest BCUT2D eigenvalue weighted by Gasteiger charge is 2.21. The molecule has 1 aromatic carbocycles. The zero-order valence-corrected chi connectivity index (χ0v) is 11.2. The maximum absolute atomic E-state index is 13.7. The number of hydrogen-bond donors (Lipinski definition) is 0. The van der Waals surface area contributed by atoms with E-state index in [2.05, 4.69) is 6.92 Å². The molecule has 3 heteroatoms. The van der Waals surface area contributed by atoms with Crippen molar-refractivity contribution in [3.63, 3.8) is 0 Å². The van der Waals surface area contributed by atoms with Crippen LogP contribution in [0.5, 0.6) is 0 Å². The van der Waals surface area contributed by atoms with E-state index in [0.717, 1.165) is 38.4 Å². The molecule has 0 saturated carbocycles. The summed E-state index contributed by atoms with van der Waals surface area (Å²) in [5.74, 6) is -1.53. The van der Waals surface area contributed by atoms with E-state index in [0.29, 0.717) is 5.56 Å². The van der Waals surface area contributed by atoms with Gasteiger partial charge in [-0.3, -0.25) is 0 Å². The van der Waals surface area contributed by atoms with Gasteiger partial charge in [-0.05, 0) is 30.9 Å². The minimum absolute atomic E-state index is 0.0401. The Morgan fingerprint density at radius 3 is 2.74 bits per heavy atom. The monoisotopic (exact) mass is 266 g/mol. The van der Waals surface area contributed by atoms with Crippen LogP contribution in [0.15, 0.2) is 30.4 Å². The Morgan fingerprint density at radius 2 is 2.05 bits per heavy atom. The zero-order chi connectivity index (χ0) is 13.7. The highest BCUT2D eigenvalue weighted by atomic mass is 19.2. The van der Waals surface area contributed by atoms with Crippen molar-refractivity contribution in [2.24, 2.45) is 0 Å². The third-order valence-corrected chi connectivity index (χ3v) is 3.53. The molecule has 2 atom stereocenters. The normalized spacial score (nSPS) is 22.7. The van der Waals surface area contributed by atoms with E-state index in [1.807, 2.05) is 12.2 Å². The Labute approximate surface area is 113 Å². The predicted octanol–water partition coefficient (Wildman–Crippen LogP) is 4.58. The van der Waals surface area contributed by atoms with Crippen LogP contribution in [-0.4, -0.2) is 12.7 Å². The summed E-state index contributed by atoms with van der Waals surface area (Å²) >= 11 is 0. The Morgan fingerprint density at radius 1 is 1.21 bits per heavy atom. The summed E-state index contributed by atoms with van der Waals surface area (Å²) < 4.78 is 32.6. The van der Waals surface area contributed by atoms with Crippen molar-refractivity contribution in [3.05, 3.63) is 47.5 Å². The molecular weight excluding hydrogens is 246 g/mol. The van der Waals surface area contributed by atoms with Gasteiger partial charge in [0.05, 0.1) is 6.10 Å². The lowest BCUT2D eigenvalue weighted by Crippen LogP contribution is -2.17. The Balaban J connectivity index is 1.98. The van der Waals surface area contributed by atoms with Crippen LogP contribution >= 0.6 is 0 Å². The summed E-state index contributed by atoms with van der Waals surface area (Å²) in [7, 11) is 0. The van der Waals surface area contributed by atoms with Crippen LogP contribution in [0.25, 0.3) is 0 Å². The number of benzene rings is 1. The Bertz CT molecular complexity index is 442. The van der Waals surface area contributed by atoms with E-state index in [1.54, 1.807) is 12.1 Å². The first-order chi connectivity index (χ1) is 9.22. The largest absolute Gasteiger partial charge is 0.374 e. The van der Waals surface area contributed by atoms with Gasteiger partial charge in [0.15, 0.2) is 11.6 Å². The molecule has 1 aliphatic carbocycles. The minimum Gasteiger partial charge on any atom is -0.374 e. The molecular formula is C16H20F2O. The molecule has 2 rings (SSSR count). The third-order valence-electron chi connectivity index (χ3n) is 3.53. The second-order valence-electron chi connectivity index (χ2n) is 4.97. The van der Waals surface area contributed by atoms with E-state index < -0.39 is 11.6 Å². The second kappa shape index (κ2) is 6.80. The number of unbranched alkanes of at least 4 members (excludes halogenated alkanes) is 1. The maximum Gasteiger partial charge on any atom is 0.162 e. The number of hydrogen-bond acceptors (Lipinski definition) is 1. The zero-order valence-electron chi connectivity index (χ0n) is 11.2. The lowest BCUT2D eigenvalue weighted by Gasteiger charge is -2.23. The lowest BCUT2D eigenvalue weighted by atomic mass is 9.88. The van der Waals surface area contributed by atoms with Gasteiger partial charge in [-0.15, -0.1) is 0 Å². The van der Waals surface area contributed by atoms with Crippen LogP contribution in [-0.2, 0) is 4.74 Å². The fourth-order valence-corrected chi connectivity index (χ4v) is 2.38. The minimum atomic E-state index is -0.771. The molecule has 0 saturated heterocycles. The highest BCUT2D eigenvalue weighted by Crippen LogP contribution is 2.31. The highest BCUT2D eigenvalue weighted by molar-refractivity contribution is 5.28. The molecule has 0 amide bonds. The molecule has 0 bridgehead atoms. The van der Waals surface area contributed by atoms with Crippen molar-refractivity contribution in [1.82, 2.24) is 0 Å². The van der Waals surface area contributed by atoms with Crippen molar-refractivity contribution in [1.29, 1.82) is 0 Å². The van der Waals surface area contributed by atoms with Crippen LogP contribution in [0.4, 0.5) is 8.78 Å². The molecule has 0 fully saturated rings. The topological polar surface area (TPSA) is 9.23 Å². The van der Waals surface area contributed by atoms with Crippen LogP contribution < -0.4 is 0 Å². The van der Waals surface area contributed by atoms with Crippen LogP contribution in [0.3, 0.4) is 0 Å². The predicted molar refractivity (Wildman–Crippen MR) is 72.1 cm³/mol. The van der Waals surface area contributed by atoms with Gasteiger partial charge in [-0.2, -0.15) is 0 Å². The van der Waals surface area contributed by atoms with E-state index in [4.69, 9.17) is 4.74 Å². The van der Waals surface area contributed by atoms with Gasteiger partial charge in [0.2, 0.25) is 0 Å². The standard InChI is InChI=1S/C16H20F2O/c1-2-3-11-19-13-9-7-12(8-10-13)14-5-4-6-15(17)16(14)18/h4-7,9,12-13H,2-3,8,10-11H2,1H3. The summed E-state index contributed by atoms with van der Waals surface area (Å²) in [6, 6.07) is 4.37. The molecule has 2 unspecified atom stereocenters. The average Bonchev–Trinajstić information content (AvgIpc) is 2.43. The van der Waals surface area contributed by atoms with Gasteiger partial charge < -0.3 is 4.74 Å². The molecule has 0 aromatic heterocycles. The van der Waals surface area contributed by atoms with Crippen molar-refractivity contribution in [2.45, 2.75) is 44.6 Å². The van der Waals surface area contributed by atoms with Gasteiger partial charge in [0, 0.05) is 12.5 Å². The fraction of sp³-hybridized carbons (Fsp3) is 0.500. The summed E-state index contributed by atoms with van der Waals surface area (Å²) in [6.07, 6.45) is 7.89. The second-order valence-corrected chi connectivity index (χ2v) is 4.97. The van der Waals surface area contributed by atoms with Gasteiger partial charge in [0.1, 0.15) is 0 Å². The first-order valence-corrected chi connectivity index (χ1v) is 6.96. The molecule has 0 heterocycles. The van der Waals surface area contributed by atoms with Crippen molar-refractivity contribution in [2.75, 3.05) is 6.61 Å². The van der Waals surface area contributed by atoms with Gasteiger partial charge in [-0.25, -0.2) is 8.78 Å². The Kier molecular flexibility index (Phi) is 5.08. The molecule has 1 nitrogen and oxygen atoms in total. The SMILES string of the molecule is CCCCOC1C=CC(c2cccc(F)c2F)CC1. The van der Waals surface area contributed by atoms with Crippen LogP contribution in [0.2, 0.25) is 0 Å². The van der Waals surface area contributed by atoms with E-state index in [-0.39, 0.29) is 12.0 Å². The number of allylic oxidation sites excluding steroid dienone is 1. The van der Waals surface area contributed by atoms with E-state index in [9.17, 15) is 8.78 Å². The smallest absolute Gasteiger partial charge is 0.162 e. The summed E-state index contributed by atoms with van der Waals surface area (Å²) in [4.78, 5) is 0. The molecule has 0 spiro atoms. The molecule has 19 heavy (non-hydrogen) atoms. The quantitative estimate of drug-likeness (QED) is 0.559. The van der Waals surface area contributed by atoms with Crippen LogP contribution in [0.1, 0.15) is 44.1 Å². The molecule has 0 N–H and O–H groups in total. The molecule has 0 aliphatic heterocycles. The summed E-state index contributed by atoms with van der Waals surface area (Å²) in [5, 5.41) is 0. The fourth-order valence-electron chi connectivity index (χ4n) is 2.38. The summed E-state index contributed by atoms with van der Waals surface area (Å²) in [5.41, 5.74) is 0.447. The third kappa shape index (κ3) is 3.63. The lowest BCUT2D eigenvalue weighted by molar-refractivity contribution is 0.0717. The maximum atomic E-state index is 13.7. The molecule has 104 valence electrons. The van der Waals surface area contributed by atoms with Crippen molar-refractivity contribution >= 4 is 0 Å².